The molecule has 8 heteroatoms. The van der Waals surface area contributed by atoms with Crippen LogP contribution in [0.2, 0.25) is 0 Å². The van der Waals surface area contributed by atoms with Crippen molar-refractivity contribution in [3.8, 4) is 0 Å². The monoisotopic (exact) mass is 324 g/mol. The van der Waals surface area contributed by atoms with Crippen LogP contribution < -0.4 is 10.6 Å². The van der Waals surface area contributed by atoms with Crippen molar-refractivity contribution in [3.05, 3.63) is 24.8 Å². The first-order chi connectivity index (χ1) is 8.31. The van der Waals surface area contributed by atoms with Crippen LogP contribution in [-0.2, 0) is 9.53 Å². The lowest BCUT2D eigenvalue weighted by Crippen LogP contribution is -2.31. The number of hydrogen-bond acceptors (Lipinski definition) is 4. The van der Waals surface area contributed by atoms with Gasteiger partial charge in [-0.15, -0.1) is 25.3 Å². The zero-order chi connectivity index (χ0) is 14.6. The largest absolute Gasteiger partial charge is 0.458 e. The van der Waals surface area contributed by atoms with Crippen LogP contribution in [0.3, 0.4) is 0 Å². The molecule has 0 amide bonds. The summed E-state index contributed by atoms with van der Waals surface area (Å²) in [4.78, 5) is 10.5. The minimum atomic E-state index is -0.366. The Morgan fingerprint density at radius 2 is 1.78 bits per heavy atom. The lowest BCUT2D eigenvalue weighted by Gasteiger charge is -2.02. The van der Waals surface area contributed by atoms with E-state index in [2.05, 4.69) is 78.2 Å². The van der Waals surface area contributed by atoms with E-state index in [0.29, 0.717) is 20.9 Å². The van der Waals surface area contributed by atoms with Crippen molar-refractivity contribution < 1.29 is 9.53 Å². The zero-order valence-corrected chi connectivity index (χ0v) is 13.4. The molecule has 102 valence electrons. The molecule has 0 saturated carbocycles. The van der Waals surface area contributed by atoms with Gasteiger partial charge in [-0.05, 0) is 6.92 Å². The van der Waals surface area contributed by atoms with E-state index in [1.54, 1.807) is 6.92 Å². The van der Waals surface area contributed by atoms with Crippen molar-refractivity contribution in [2.45, 2.75) is 6.92 Å². The smallest absolute Gasteiger partial charge is 0.333 e. The molecule has 0 radical (unpaired) electrons. The average Bonchev–Trinajstić information content (AvgIpc) is 2.25. The molecule has 0 aliphatic heterocycles. The van der Waals surface area contributed by atoms with Crippen LogP contribution >= 0.6 is 49.7 Å². The van der Waals surface area contributed by atoms with Crippen LogP contribution in [0.5, 0.6) is 0 Å². The highest BCUT2D eigenvalue weighted by Gasteiger charge is 1.98. The maximum Gasteiger partial charge on any atom is 0.333 e. The van der Waals surface area contributed by atoms with E-state index in [4.69, 9.17) is 0 Å². The summed E-state index contributed by atoms with van der Waals surface area (Å²) in [5.74, 6) is -0.366. The number of esters is 1. The summed E-state index contributed by atoms with van der Waals surface area (Å²) in [6, 6.07) is 0. The molecule has 0 bridgehead atoms. The third-order valence-corrected chi connectivity index (χ3v) is 1.76. The van der Waals surface area contributed by atoms with E-state index in [0.717, 1.165) is 0 Å². The summed E-state index contributed by atoms with van der Waals surface area (Å²) in [5, 5.41) is 5.45. The van der Waals surface area contributed by atoms with Crippen molar-refractivity contribution in [2.24, 2.45) is 0 Å². The Balaban J connectivity index is 0. The van der Waals surface area contributed by atoms with Crippen LogP contribution in [0.25, 0.3) is 0 Å². The maximum absolute atomic E-state index is 10.5. The molecule has 2 N–H and O–H groups in total. The van der Waals surface area contributed by atoms with Gasteiger partial charge in [0.15, 0.2) is 0 Å². The van der Waals surface area contributed by atoms with Crippen LogP contribution in [0.15, 0.2) is 24.8 Å². The van der Waals surface area contributed by atoms with Gasteiger partial charge < -0.3 is 15.4 Å². The SMILES string of the molecule is C=CCOC(=O)C(=C)C.S=C(S)NCNC(=S)S. The van der Waals surface area contributed by atoms with Gasteiger partial charge in [0.25, 0.3) is 0 Å². The standard InChI is InChI=1S/C7H10O2.C3H6N2S4/c1-4-5-9-7(8)6(2)3;6-2(7)4-1-5-3(8)9/h4H,1-2,5H2,3H3;1H2,(H2,4,6,7)(H2,5,8,9). The molecule has 0 aliphatic carbocycles. The van der Waals surface area contributed by atoms with Gasteiger partial charge >= 0.3 is 5.97 Å². The minimum Gasteiger partial charge on any atom is -0.458 e. The summed E-state index contributed by atoms with van der Waals surface area (Å²) in [6.45, 7) is 9.12. The first-order valence-electron chi connectivity index (χ1n) is 4.68. The summed E-state index contributed by atoms with van der Waals surface area (Å²) in [5.41, 5.74) is 0.414. The number of carbonyl (C=O) groups excluding carboxylic acids is 1. The van der Waals surface area contributed by atoms with Gasteiger partial charge in [-0.1, -0.05) is 43.7 Å². The fourth-order valence-electron chi connectivity index (χ4n) is 0.453. The topological polar surface area (TPSA) is 50.4 Å². The number of nitrogens with one attached hydrogen (secondary N) is 2. The van der Waals surface area contributed by atoms with Gasteiger partial charge in [0.1, 0.15) is 15.2 Å². The van der Waals surface area contributed by atoms with Gasteiger partial charge in [0.05, 0.1) is 6.67 Å². The summed E-state index contributed by atoms with van der Waals surface area (Å²) >= 11 is 16.8. The molecular weight excluding hydrogens is 308 g/mol. The second kappa shape index (κ2) is 12.9. The van der Waals surface area contributed by atoms with E-state index in [1.807, 2.05) is 0 Å². The number of hydrogen-bond donors (Lipinski definition) is 4. The highest BCUT2D eigenvalue weighted by atomic mass is 32.1. The maximum atomic E-state index is 10.5. The molecule has 4 nitrogen and oxygen atoms in total. The van der Waals surface area contributed by atoms with Gasteiger partial charge in [-0.3, -0.25) is 0 Å². The molecule has 0 aromatic rings. The molecule has 0 unspecified atom stereocenters. The molecule has 0 fully saturated rings. The molecule has 0 aromatic carbocycles. The number of rotatable bonds is 5. The van der Waals surface area contributed by atoms with Crippen LogP contribution in [0, 0.1) is 0 Å². The number of thiol groups is 2. The van der Waals surface area contributed by atoms with Crippen LogP contribution in [0.4, 0.5) is 0 Å². The normalized spacial score (nSPS) is 8.17. The van der Waals surface area contributed by atoms with Gasteiger partial charge in [0, 0.05) is 5.57 Å². The van der Waals surface area contributed by atoms with E-state index < -0.39 is 0 Å². The molecule has 0 aliphatic rings. The second-order valence-electron chi connectivity index (χ2n) is 2.81. The summed E-state index contributed by atoms with van der Waals surface area (Å²) in [6.07, 6.45) is 1.51. The molecular formula is C10H16N2O2S4. The van der Waals surface area contributed by atoms with Gasteiger partial charge in [-0.2, -0.15) is 0 Å². The lowest BCUT2D eigenvalue weighted by molar-refractivity contribution is -0.137. The first-order valence-corrected chi connectivity index (χ1v) is 6.39. The molecule has 0 aromatic heterocycles. The number of thiocarbonyl (C=S) groups is 2. The average molecular weight is 325 g/mol. The zero-order valence-electron chi connectivity index (χ0n) is 9.93. The Kier molecular flexibility index (Phi) is 14.1. The van der Waals surface area contributed by atoms with E-state index >= 15 is 0 Å². The van der Waals surface area contributed by atoms with Crippen LogP contribution in [0.1, 0.15) is 6.92 Å². The Morgan fingerprint density at radius 3 is 2.06 bits per heavy atom. The molecule has 0 spiro atoms. The van der Waals surface area contributed by atoms with Crippen LogP contribution in [-0.4, -0.2) is 27.9 Å². The predicted octanol–water partition coefficient (Wildman–Crippen LogP) is 1.84. The second-order valence-corrected chi connectivity index (χ2v) is 5.12. The van der Waals surface area contributed by atoms with E-state index in [1.165, 1.54) is 6.08 Å². The third-order valence-electron chi connectivity index (χ3n) is 1.16. The molecule has 0 heterocycles. The summed E-state index contributed by atoms with van der Waals surface area (Å²) < 4.78 is 5.47. The van der Waals surface area contributed by atoms with Crippen molar-refractivity contribution >= 4 is 64.3 Å². The van der Waals surface area contributed by atoms with E-state index in [9.17, 15) is 4.79 Å². The predicted molar refractivity (Wildman–Crippen MR) is 90.3 cm³/mol. The fourth-order valence-corrected chi connectivity index (χ4v) is 0.756. The molecule has 0 rings (SSSR count). The van der Waals surface area contributed by atoms with Gasteiger partial charge in [0.2, 0.25) is 0 Å². The Hall–Kier alpha value is -0.570. The molecule has 0 saturated heterocycles. The van der Waals surface area contributed by atoms with Crippen molar-refractivity contribution in [2.75, 3.05) is 13.3 Å². The third kappa shape index (κ3) is 17.8. The number of ether oxygens (including phenoxy) is 1. The Bertz CT molecular complexity index is 318. The minimum absolute atomic E-state index is 0.256. The van der Waals surface area contributed by atoms with Gasteiger partial charge in [-0.25, -0.2) is 4.79 Å². The summed E-state index contributed by atoms with van der Waals surface area (Å²) in [7, 11) is 0. The van der Waals surface area contributed by atoms with Crippen molar-refractivity contribution in [3.63, 3.8) is 0 Å². The Labute approximate surface area is 129 Å². The molecule has 18 heavy (non-hydrogen) atoms. The lowest BCUT2D eigenvalue weighted by atomic mass is 10.4. The van der Waals surface area contributed by atoms with Crippen molar-refractivity contribution in [1.29, 1.82) is 0 Å². The highest BCUT2D eigenvalue weighted by molar-refractivity contribution is 8.11. The van der Waals surface area contributed by atoms with E-state index in [-0.39, 0.29) is 12.6 Å². The quantitative estimate of drug-likeness (QED) is 0.155. The fraction of sp³-hybridized carbons (Fsp3) is 0.300. The Morgan fingerprint density at radius 1 is 1.33 bits per heavy atom. The highest BCUT2D eigenvalue weighted by Crippen LogP contribution is 1.90. The number of carbonyl (C=O) groups is 1. The molecule has 0 atom stereocenters. The first kappa shape index (κ1) is 19.8. The van der Waals surface area contributed by atoms with Crippen molar-refractivity contribution in [1.82, 2.24) is 10.6 Å².